The van der Waals surface area contributed by atoms with Crippen LogP contribution in [0.4, 0.5) is 13.2 Å². The van der Waals surface area contributed by atoms with Gasteiger partial charge >= 0.3 is 6.36 Å². The maximum Gasteiger partial charge on any atom is 0.522 e. The minimum atomic E-state index is -4.62. The van der Waals surface area contributed by atoms with Crippen LogP contribution in [0.3, 0.4) is 0 Å². The average Bonchev–Trinajstić information content (AvgIpc) is 2.14. The third kappa shape index (κ3) is 3.85. The fourth-order valence-electron chi connectivity index (χ4n) is 1.17. The zero-order valence-corrected chi connectivity index (χ0v) is 9.01. The third-order valence-corrected chi connectivity index (χ3v) is 2.14. The van der Waals surface area contributed by atoms with Crippen molar-refractivity contribution in [1.29, 1.82) is 0 Å². The molecule has 0 atom stereocenters. The highest BCUT2D eigenvalue weighted by atomic mass is 19.4. The van der Waals surface area contributed by atoms with Crippen LogP contribution in [0.1, 0.15) is 19.4 Å². The van der Waals surface area contributed by atoms with Crippen molar-refractivity contribution in [2.75, 3.05) is 6.61 Å². The molecule has 0 spiro atoms. The van der Waals surface area contributed by atoms with E-state index in [2.05, 4.69) is 9.72 Å². The number of hydrogen-bond donors (Lipinski definition) is 0. The van der Waals surface area contributed by atoms with Crippen molar-refractivity contribution in [3.63, 3.8) is 0 Å². The second kappa shape index (κ2) is 4.45. The smallest absolute Gasteiger partial charge is 0.291 e. The number of hydrogen-bond acceptors (Lipinski definition) is 2. The van der Waals surface area contributed by atoms with Gasteiger partial charge < -0.3 is 0 Å². The maximum atomic E-state index is 11.9. The summed E-state index contributed by atoms with van der Waals surface area (Å²) in [5, 5.41) is 0. The van der Waals surface area contributed by atoms with E-state index >= 15 is 0 Å². The van der Waals surface area contributed by atoms with Gasteiger partial charge in [-0.1, -0.05) is 25.4 Å². The van der Waals surface area contributed by atoms with Gasteiger partial charge in [0.1, 0.15) is 7.85 Å². The summed E-state index contributed by atoms with van der Waals surface area (Å²) in [6.07, 6.45) is -1.70. The van der Waals surface area contributed by atoms with Gasteiger partial charge in [0.15, 0.2) is 0 Å². The summed E-state index contributed by atoms with van der Waals surface area (Å²) in [4.78, 5) is 3.83. The first-order valence-corrected chi connectivity index (χ1v) is 4.62. The Hall–Kier alpha value is -1.04. The molecular weight excluding hydrogens is 218 g/mol. The van der Waals surface area contributed by atoms with Crippen LogP contribution in [0.2, 0.25) is 0 Å². The van der Waals surface area contributed by atoms with Crippen LogP contribution in [0.15, 0.2) is 18.5 Å². The second-order valence-corrected chi connectivity index (χ2v) is 4.13. The molecule has 86 valence electrons. The molecule has 0 amide bonds. The molecular formula is C10H11BF3NO. The minimum Gasteiger partial charge on any atom is -0.291 e. The van der Waals surface area contributed by atoms with E-state index in [4.69, 9.17) is 7.85 Å². The standard InChI is InChI=1S/C10H11BF3NO/c1-9(2,6-16-10(12,13)14)7-3-8(11)5-15-4-7/h3-5H,6H2,1-2H3. The Bertz CT molecular complexity index is 365. The van der Waals surface area contributed by atoms with Crippen molar-refractivity contribution in [3.8, 4) is 0 Å². The van der Waals surface area contributed by atoms with Gasteiger partial charge in [-0.3, -0.25) is 9.72 Å². The largest absolute Gasteiger partial charge is 0.522 e. The van der Waals surface area contributed by atoms with Gasteiger partial charge in [-0.05, 0) is 5.56 Å². The summed E-state index contributed by atoms with van der Waals surface area (Å²) in [5.41, 5.74) is 0.229. The summed E-state index contributed by atoms with van der Waals surface area (Å²) in [6, 6.07) is 1.59. The third-order valence-electron chi connectivity index (χ3n) is 2.14. The highest BCUT2D eigenvalue weighted by Gasteiger charge is 2.33. The average molecular weight is 229 g/mol. The van der Waals surface area contributed by atoms with E-state index in [0.717, 1.165) is 0 Å². The van der Waals surface area contributed by atoms with E-state index in [-0.39, 0.29) is 0 Å². The Morgan fingerprint density at radius 1 is 1.31 bits per heavy atom. The van der Waals surface area contributed by atoms with Crippen LogP contribution in [-0.2, 0) is 10.2 Å². The molecule has 0 unspecified atom stereocenters. The Morgan fingerprint density at radius 2 is 1.94 bits per heavy atom. The molecule has 0 aliphatic carbocycles. The van der Waals surface area contributed by atoms with E-state index in [1.807, 2.05) is 0 Å². The fourth-order valence-corrected chi connectivity index (χ4v) is 1.17. The molecule has 0 saturated heterocycles. The summed E-state index contributed by atoms with van der Waals surface area (Å²) < 4.78 is 39.6. The number of ether oxygens (including phenoxy) is 1. The van der Waals surface area contributed by atoms with Gasteiger partial charge in [0, 0.05) is 17.8 Å². The first-order valence-electron chi connectivity index (χ1n) is 4.62. The zero-order valence-electron chi connectivity index (χ0n) is 9.01. The number of pyridine rings is 1. The van der Waals surface area contributed by atoms with Gasteiger partial charge in [0.2, 0.25) is 0 Å². The van der Waals surface area contributed by atoms with Crippen molar-refractivity contribution < 1.29 is 17.9 Å². The van der Waals surface area contributed by atoms with Gasteiger partial charge in [0.05, 0.1) is 6.61 Å². The molecule has 2 radical (unpaired) electrons. The van der Waals surface area contributed by atoms with Crippen molar-refractivity contribution in [2.24, 2.45) is 0 Å². The van der Waals surface area contributed by atoms with E-state index in [1.54, 1.807) is 19.9 Å². The molecule has 6 heteroatoms. The molecule has 0 bridgehead atoms. The topological polar surface area (TPSA) is 22.1 Å². The highest BCUT2D eigenvalue weighted by molar-refractivity contribution is 6.32. The quantitative estimate of drug-likeness (QED) is 0.735. The molecule has 0 aromatic carbocycles. The van der Waals surface area contributed by atoms with Crippen molar-refractivity contribution >= 4 is 13.3 Å². The number of alkyl halides is 3. The predicted molar refractivity (Wildman–Crippen MR) is 54.7 cm³/mol. The normalized spacial score (nSPS) is 12.8. The van der Waals surface area contributed by atoms with Crippen LogP contribution in [0, 0.1) is 0 Å². The molecule has 16 heavy (non-hydrogen) atoms. The van der Waals surface area contributed by atoms with Crippen LogP contribution in [0.5, 0.6) is 0 Å². The lowest BCUT2D eigenvalue weighted by Gasteiger charge is -2.25. The molecule has 0 fully saturated rings. The Kier molecular flexibility index (Phi) is 3.63. The molecule has 1 heterocycles. The first-order chi connectivity index (χ1) is 7.21. The first kappa shape index (κ1) is 13.0. The lowest BCUT2D eigenvalue weighted by Crippen LogP contribution is -2.30. The molecule has 1 aromatic heterocycles. The Labute approximate surface area is 93.2 Å². The number of halogens is 3. The molecule has 0 aliphatic rings. The summed E-state index contributed by atoms with van der Waals surface area (Å²) in [6.45, 7) is 2.80. The Balaban J connectivity index is 2.77. The monoisotopic (exact) mass is 229 g/mol. The molecule has 2 nitrogen and oxygen atoms in total. The van der Waals surface area contributed by atoms with E-state index in [9.17, 15) is 13.2 Å². The van der Waals surface area contributed by atoms with Gasteiger partial charge in [-0.25, -0.2) is 0 Å². The molecule has 1 aromatic rings. The van der Waals surface area contributed by atoms with Crippen LogP contribution >= 0.6 is 0 Å². The summed E-state index contributed by atoms with van der Waals surface area (Å²) in [7, 11) is 5.51. The fraction of sp³-hybridized carbons (Fsp3) is 0.500. The molecule has 0 aliphatic heterocycles. The minimum absolute atomic E-state index is 0.414. The van der Waals surface area contributed by atoms with Crippen molar-refractivity contribution in [3.05, 3.63) is 24.0 Å². The number of aromatic nitrogens is 1. The van der Waals surface area contributed by atoms with E-state index < -0.39 is 18.4 Å². The second-order valence-electron chi connectivity index (χ2n) is 4.13. The number of rotatable bonds is 3. The SMILES string of the molecule is [B]c1cncc(C(C)(C)COC(F)(F)F)c1. The summed E-state index contributed by atoms with van der Waals surface area (Å²) in [5.74, 6) is 0. The summed E-state index contributed by atoms with van der Waals surface area (Å²) >= 11 is 0. The maximum absolute atomic E-state index is 11.9. The van der Waals surface area contributed by atoms with Gasteiger partial charge in [-0.15, -0.1) is 13.2 Å². The van der Waals surface area contributed by atoms with Crippen LogP contribution in [-0.4, -0.2) is 25.8 Å². The van der Waals surface area contributed by atoms with E-state index in [1.165, 1.54) is 12.4 Å². The lowest BCUT2D eigenvalue weighted by molar-refractivity contribution is -0.329. The Morgan fingerprint density at radius 3 is 2.44 bits per heavy atom. The predicted octanol–water partition coefficient (Wildman–Crippen LogP) is 1.69. The van der Waals surface area contributed by atoms with Crippen LogP contribution < -0.4 is 5.46 Å². The molecule has 0 N–H and O–H groups in total. The zero-order chi connectivity index (χ0) is 12.4. The lowest BCUT2D eigenvalue weighted by atomic mass is 9.84. The molecule has 0 saturated carbocycles. The molecule has 1 rings (SSSR count). The van der Waals surface area contributed by atoms with Gasteiger partial charge in [-0.2, -0.15) is 0 Å². The van der Waals surface area contributed by atoms with Crippen LogP contribution in [0.25, 0.3) is 0 Å². The highest BCUT2D eigenvalue weighted by Crippen LogP contribution is 2.26. The van der Waals surface area contributed by atoms with Gasteiger partial charge in [0.25, 0.3) is 0 Å². The van der Waals surface area contributed by atoms with Crippen molar-refractivity contribution in [1.82, 2.24) is 4.98 Å². The van der Waals surface area contributed by atoms with E-state index in [0.29, 0.717) is 11.0 Å². The van der Waals surface area contributed by atoms with Crippen molar-refractivity contribution in [2.45, 2.75) is 25.6 Å². The number of nitrogens with zero attached hydrogens (tertiary/aromatic N) is 1.